The maximum Gasteiger partial charge on any atom is 1.00 e. The van der Waals surface area contributed by atoms with Crippen molar-refractivity contribution in [3.05, 3.63) is 0 Å². The van der Waals surface area contributed by atoms with Gasteiger partial charge in [-0.2, -0.15) is 0 Å². The Morgan fingerprint density at radius 1 is 1.20 bits per heavy atom. The molecular weight excluding hydrogens is 179 g/mol. The van der Waals surface area contributed by atoms with Gasteiger partial charge in [-0.1, -0.05) is 0 Å². The van der Waals surface area contributed by atoms with Gasteiger partial charge < -0.3 is 20.3 Å². The molecule has 5 N–H and O–H groups in total. The molecule has 0 bridgehead atoms. The van der Waals surface area contributed by atoms with E-state index in [4.69, 9.17) is 22.3 Å². The molecule has 0 atom stereocenters. The van der Waals surface area contributed by atoms with Gasteiger partial charge >= 0.3 is 29.6 Å². The number of hydrogen-bond donors (Lipinski definition) is 1. The van der Waals surface area contributed by atoms with Crippen molar-refractivity contribution in [3.8, 4) is 0 Å². The quantitative estimate of drug-likeness (QED) is 0.226. The fraction of sp³-hybridized carbons (Fsp3) is 0. The van der Waals surface area contributed by atoms with E-state index >= 15 is 0 Å². The van der Waals surface area contributed by atoms with Crippen LogP contribution in [0.25, 0.3) is 0 Å². The summed E-state index contributed by atoms with van der Waals surface area (Å²) in [7, 11) is -4.92. The van der Waals surface area contributed by atoms with E-state index in [1.165, 1.54) is 0 Å². The third kappa shape index (κ3) is 2230. The predicted molar refractivity (Wildman–Crippen MR) is 26.7 cm³/mol. The van der Waals surface area contributed by atoms with E-state index in [0.717, 1.165) is 0 Å². The molecule has 0 aliphatic carbocycles. The molecule has 0 aromatic heterocycles. The van der Waals surface area contributed by atoms with E-state index in [1.807, 2.05) is 6.79 Å². The molecule has 9 heteroatoms. The van der Waals surface area contributed by atoms with Crippen molar-refractivity contribution >= 4 is 17.2 Å². The first-order valence-electron chi connectivity index (χ1n) is 0.971. The van der Waals surface area contributed by atoms with Gasteiger partial charge in [-0.3, -0.25) is 4.55 Å². The van der Waals surface area contributed by atoms with E-state index in [9.17, 15) is 0 Å². The second-order valence-corrected chi connectivity index (χ2v) is 1.28. The van der Waals surface area contributed by atoms with Gasteiger partial charge in [0, 0.05) is 0 Å². The molecule has 0 amide bonds. The summed E-state index contributed by atoms with van der Waals surface area (Å²) >= 11 is 0. The van der Waals surface area contributed by atoms with Crippen LogP contribution in [-0.2, 0) is 15.2 Å². The first-order valence-corrected chi connectivity index (χ1v) is 2.34. The van der Waals surface area contributed by atoms with E-state index in [0.29, 0.717) is 0 Å². The van der Waals surface area contributed by atoms with Gasteiger partial charge in [0.25, 0.3) is 0 Å². The fourth-order valence-electron chi connectivity index (χ4n) is 0. The second kappa shape index (κ2) is 16.2. The summed E-state index contributed by atoms with van der Waals surface area (Å²) < 4.78 is 32.8. The van der Waals surface area contributed by atoms with Gasteiger partial charge in [0.2, 0.25) is 10.4 Å². The first kappa shape index (κ1) is 31.4. The third-order valence-corrected chi connectivity index (χ3v) is 0. The zero-order valence-corrected chi connectivity index (χ0v) is 8.01. The number of carbonyl (C=O) groups excluding carboxylic acids is 1. The van der Waals surface area contributed by atoms with Crippen LogP contribution in [0.4, 0.5) is 0 Å². The number of hydrogen-bond acceptors (Lipinski definition) is 4. The summed E-state index contributed by atoms with van der Waals surface area (Å²) in [6.45, 7) is 2.00. The summed E-state index contributed by atoms with van der Waals surface area (Å²) in [4.78, 5) is 8.00. The predicted octanol–water partition coefficient (Wildman–Crippen LogP) is -5.83. The minimum atomic E-state index is -4.92. The van der Waals surface area contributed by atoms with Crippen molar-refractivity contribution in [2.24, 2.45) is 0 Å². The van der Waals surface area contributed by atoms with Crippen molar-refractivity contribution in [2.75, 3.05) is 0 Å². The maximum absolute atomic E-state index is 8.63. The van der Waals surface area contributed by atoms with Gasteiger partial charge in [-0.05, 0) is 0 Å². The molecule has 0 heterocycles. The molecule has 0 aromatic carbocycles. The molecule has 0 aromatic rings. The monoisotopic (exact) mass is 186 g/mol. The Balaban J connectivity index is -0.0000000154. The molecule has 0 aliphatic heterocycles. The van der Waals surface area contributed by atoms with Crippen molar-refractivity contribution < 1.29 is 62.8 Å². The summed E-state index contributed by atoms with van der Waals surface area (Å²) in [5.74, 6) is 0. The van der Waals surface area contributed by atoms with Gasteiger partial charge in [0.1, 0.15) is 6.79 Å². The second-order valence-electron chi connectivity index (χ2n) is 0.428. The molecule has 0 fully saturated rings. The molecule has 0 spiro atoms. The largest absolute Gasteiger partial charge is 1.00 e. The Kier molecular flexibility index (Phi) is 50.9. The Morgan fingerprint density at radius 3 is 1.20 bits per heavy atom. The molecule has 10 heavy (non-hydrogen) atoms. The van der Waals surface area contributed by atoms with Gasteiger partial charge in [0.05, 0.1) is 0 Å². The standard InChI is InChI=1S/CH2O.Na.H2O4S.2H2O/c1-2;;1-5(2,3)4;;/h1H2;;(H2,1,2,3,4);2*1H2/q;+1;;;/p-1. The Morgan fingerprint density at radius 2 is 1.20 bits per heavy atom. The van der Waals surface area contributed by atoms with Crippen molar-refractivity contribution in [3.63, 3.8) is 0 Å². The molecule has 0 saturated carbocycles. The van der Waals surface area contributed by atoms with Gasteiger partial charge in [0.15, 0.2) is 0 Å². The zero-order chi connectivity index (χ0) is 6.50. The van der Waals surface area contributed by atoms with Crippen LogP contribution in [0.3, 0.4) is 0 Å². The average Bonchev–Trinajstić information content (AvgIpc) is 1.36. The molecule has 60 valence electrons. The molecule has 0 saturated heterocycles. The smallest absolute Gasteiger partial charge is 0.726 e. The number of rotatable bonds is 0. The summed E-state index contributed by atoms with van der Waals surface area (Å²) in [5.41, 5.74) is 0. The third-order valence-electron chi connectivity index (χ3n) is 0. The van der Waals surface area contributed by atoms with Crippen LogP contribution in [0.2, 0.25) is 0 Å². The fourth-order valence-corrected chi connectivity index (χ4v) is 0. The minimum absolute atomic E-state index is 0. The summed E-state index contributed by atoms with van der Waals surface area (Å²) in [6, 6.07) is 0. The Bertz CT molecular complexity index is 108. The molecule has 0 radical (unpaired) electrons. The van der Waals surface area contributed by atoms with Crippen LogP contribution in [0.15, 0.2) is 0 Å². The van der Waals surface area contributed by atoms with Crippen LogP contribution in [0.1, 0.15) is 0 Å². The van der Waals surface area contributed by atoms with Crippen LogP contribution >= 0.6 is 0 Å². The van der Waals surface area contributed by atoms with Crippen LogP contribution in [0.5, 0.6) is 0 Å². The maximum atomic E-state index is 8.63. The molecule has 0 rings (SSSR count). The van der Waals surface area contributed by atoms with E-state index in [-0.39, 0.29) is 40.5 Å². The molecule has 7 nitrogen and oxygen atoms in total. The Hall–Kier alpha value is 0.460. The summed E-state index contributed by atoms with van der Waals surface area (Å²) in [5, 5.41) is 0. The van der Waals surface area contributed by atoms with E-state index in [2.05, 4.69) is 0 Å². The van der Waals surface area contributed by atoms with Crippen molar-refractivity contribution in [1.82, 2.24) is 0 Å². The zero-order valence-electron chi connectivity index (χ0n) is 5.20. The first-order chi connectivity index (χ1) is 3.00. The molecule has 0 aliphatic rings. The van der Waals surface area contributed by atoms with Gasteiger partial charge in [-0.15, -0.1) is 0 Å². The molecule has 0 unspecified atom stereocenters. The van der Waals surface area contributed by atoms with E-state index in [1.54, 1.807) is 0 Å². The average molecular weight is 186 g/mol. The topological polar surface area (TPSA) is 157 Å². The minimum Gasteiger partial charge on any atom is -0.726 e. The van der Waals surface area contributed by atoms with Crippen molar-refractivity contribution in [2.45, 2.75) is 0 Å². The van der Waals surface area contributed by atoms with Crippen LogP contribution < -0.4 is 29.6 Å². The normalized spacial score (nSPS) is 6.20. The van der Waals surface area contributed by atoms with Crippen LogP contribution in [-0.4, -0.2) is 35.3 Å². The number of carbonyl (C=O) groups is 1. The SMILES string of the molecule is C=O.O.O.O=S(=O)([O-])O.[Na+]. The van der Waals surface area contributed by atoms with Gasteiger partial charge in [-0.25, -0.2) is 8.42 Å². The Labute approximate surface area is 79.9 Å². The van der Waals surface area contributed by atoms with E-state index < -0.39 is 10.4 Å². The molecular formula is CH7NaO7S. The summed E-state index contributed by atoms with van der Waals surface area (Å²) in [6.07, 6.45) is 0. The van der Waals surface area contributed by atoms with Crippen molar-refractivity contribution in [1.29, 1.82) is 0 Å². The van der Waals surface area contributed by atoms with Crippen LogP contribution in [0, 0.1) is 0 Å².